The molecular formula is C18H30N2O2. The lowest BCUT2D eigenvalue weighted by Crippen LogP contribution is -2.41. The molecule has 0 radical (unpaired) electrons. The van der Waals surface area contributed by atoms with Crippen molar-refractivity contribution < 1.29 is 9.53 Å². The smallest absolute Gasteiger partial charge is 0.230 e. The molecule has 1 aromatic carbocycles. The van der Waals surface area contributed by atoms with Crippen LogP contribution in [0.5, 0.6) is 5.75 Å². The van der Waals surface area contributed by atoms with Gasteiger partial charge in [0.05, 0.1) is 12.0 Å². The Balaban J connectivity index is 2.65. The SMILES string of the molecule is CC(C)COc1ccc(C(C)(C)C(=O)NCCC(C)N)cc1. The molecule has 0 fully saturated rings. The number of nitrogens with one attached hydrogen (secondary N) is 1. The zero-order valence-electron chi connectivity index (χ0n) is 14.5. The Labute approximate surface area is 134 Å². The summed E-state index contributed by atoms with van der Waals surface area (Å²) in [6.45, 7) is 11.3. The molecule has 0 heterocycles. The molecular weight excluding hydrogens is 276 g/mol. The Morgan fingerprint density at radius 2 is 1.82 bits per heavy atom. The van der Waals surface area contributed by atoms with Crippen molar-refractivity contribution in [2.24, 2.45) is 11.7 Å². The topological polar surface area (TPSA) is 64.3 Å². The molecule has 1 amide bonds. The van der Waals surface area contributed by atoms with Crippen molar-refractivity contribution >= 4 is 5.91 Å². The van der Waals surface area contributed by atoms with E-state index in [-0.39, 0.29) is 11.9 Å². The van der Waals surface area contributed by atoms with Gasteiger partial charge in [0.1, 0.15) is 5.75 Å². The number of benzene rings is 1. The molecule has 1 atom stereocenters. The molecule has 0 aliphatic carbocycles. The fourth-order valence-corrected chi connectivity index (χ4v) is 2.00. The third kappa shape index (κ3) is 5.68. The van der Waals surface area contributed by atoms with Gasteiger partial charge in [-0.3, -0.25) is 4.79 Å². The lowest BCUT2D eigenvalue weighted by atomic mass is 9.83. The first-order chi connectivity index (χ1) is 10.2. The van der Waals surface area contributed by atoms with Crippen LogP contribution in [0.2, 0.25) is 0 Å². The summed E-state index contributed by atoms with van der Waals surface area (Å²) >= 11 is 0. The number of amides is 1. The highest BCUT2D eigenvalue weighted by molar-refractivity contribution is 5.87. The number of hydrogen-bond acceptors (Lipinski definition) is 3. The van der Waals surface area contributed by atoms with Crippen LogP contribution in [0.25, 0.3) is 0 Å². The predicted molar refractivity (Wildman–Crippen MR) is 91.1 cm³/mol. The van der Waals surface area contributed by atoms with Crippen LogP contribution in [0.4, 0.5) is 0 Å². The highest BCUT2D eigenvalue weighted by atomic mass is 16.5. The van der Waals surface area contributed by atoms with Gasteiger partial charge in [0.15, 0.2) is 0 Å². The van der Waals surface area contributed by atoms with Crippen molar-refractivity contribution in [2.75, 3.05) is 13.2 Å². The quantitative estimate of drug-likeness (QED) is 0.776. The van der Waals surface area contributed by atoms with Crippen molar-refractivity contribution in [2.45, 2.75) is 52.5 Å². The minimum Gasteiger partial charge on any atom is -0.493 e. The maximum absolute atomic E-state index is 12.4. The van der Waals surface area contributed by atoms with Crippen LogP contribution in [0.15, 0.2) is 24.3 Å². The monoisotopic (exact) mass is 306 g/mol. The van der Waals surface area contributed by atoms with E-state index in [9.17, 15) is 4.79 Å². The third-order valence-corrected chi connectivity index (χ3v) is 3.61. The van der Waals surface area contributed by atoms with Crippen LogP contribution in [0.1, 0.15) is 46.6 Å². The van der Waals surface area contributed by atoms with Crippen molar-refractivity contribution in [1.82, 2.24) is 5.32 Å². The molecule has 22 heavy (non-hydrogen) atoms. The van der Waals surface area contributed by atoms with Crippen molar-refractivity contribution in [3.63, 3.8) is 0 Å². The van der Waals surface area contributed by atoms with E-state index >= 15 is 0 Å². The molecule has 0 saturated heterocycles. The summed E-state index contributed by atoms with van der Waals surface area (Å²) in [4.78, 5) is 12.4. The van der Waals surface area contributed by atoms with E-state index in [2.05, 4.69) is 19.2 Å². The number of hydrogen-bond donors (Lipinski definition) is 2. The molecule has 1 unspecified atom stereocenters. The predicted octanol–water partition coefficient (Wildman–Crippen LogP) is 2.85. The van der Waals surface area contributed by atoms with Crippen molar-refractivity contribution in [3.8, 4) is 5.75 Å². The van der Waals surface area contributed by atoms with Crippen LogP contribution in [0, 0.1) is 5.92 Å². The zero-order valence-corrected chi connectivity index (χ0v) is 14.5. The lowest BCUT2D eigenvalue weighted by molar-refractivity contribution is -0.125. The van der Waals surface area contributed by atoms with E-state index in [1.807, 2.05) is 45.0 Å². The summed E-state index contributed by atoms with van der Waals surface area (Å²) in [5.41, 5.74) is 6.10. The molecule has 4 nitrogen and oxygen atoms in total. The average Bonchev–Trinajstić information content (AvgIpc) is 2.45. The van der Waals surface area contributed by atoms with E-state index in [0.717, 1.165) is 17.7 Å². The summed E-state index contributed by atoms with van der Waals surface area (Å²) in [6, 6.07) is 7.87. The van der Waals surface area contributed by atoms with Gasteiger partial charge in [0, 0.05) is 12.6 Å². The molecule has 0 aliphatic heterocycles. The molecule has 124 valence electrons. The van der Waals surface area contributed by atoms with Gasteiger partial charge in [-0.25, -0.2) is 0 Å². The second kappa shape index (κ2) is 8.18. The van der Waals surface area contributed by atoms with Gasteiger partial charge in [-0.1, -0.05) is 26.0 Å². The maximum Gasteiger partial charge on any atom is 0.230 e. The van der Waals surface area contributed by atoms with Crippen LogP contribution in [-0.2, 0) is 10.2 Å². The van der Waals surface area contributed by atoms with Gasteiger partial charge in [-0.15, -0.1) is 0 Å². The Morgan fingerprint density at radius 3 is 2.32 bits per heavy atom. The lowest BCUT2D eigenvalue weighted by Gasteiger charge is -2.24. The second-order valence-electron chi connectivity index (χ2n) is 6.88. The van der Waals surface area contributed by atoms with Crippen LogP contribution in [-0.4, -0.2) is 25.1 Å². The molecule has 0 bridgehead atoms. The van der Waals surface area contributed by atoms with Gasteiger partial charge < -0.3 is 15.8 Å². The summed E-state index contributed by atoms with van der Waals surface area (Å²) in [5, 5.41) is 2.96. The summed E-state index contributed by atoms with van der Waals surface area (Å²) in [7, 11) is 0. The van der Waals surface area contributed by atoms with Crippen LogP contribution >= 0.6 is 0 Å². The van der Waals surface area contributed by atoms with E-state index < -0.39 is 5.41 Å². The summed E-state index contributed by atoms with van der Waals surface area (Å²) in [5.74, 6) is 1.35. The van der Waals surface area contributed by atoms with Crippen molar-refractivity contribution in [1.29, 1.82) is 0 Å². The number of carbonyl (C=O) groups excluding carboxylic acids is 1. The number of nitrogens with two attached hydrogens (primary N) is 1. The normalized spacial score (nSPS) is 13.0. The maximum atomic E-state index is 12.4. The molecule has 1 aromatic rings. The number of ether oxygens (including phenoxy) is 1. The van der Waals surface area contributed by atoms with Gasteiger partial charge in [0.2, 0.25) is 5.91 Å². The van der Waals surface area contributed by atoms with Crippen LogP contribution in [0.3, 0.4) is 0 Å². The van der Waals surface area contributed by atoms with E-state index in [1.165, 1.54) is 0 Å². The minimum absolute atomic E-state index is 0.0176. The van der Waals surface area contributed by atoms with Crippen molar-refractivity contribution in [3.05, 3.63) is 29.8 Å². The molecule has 0 aliphatic rings. The van der Waals surface area contributed by atoms with Gasteiger partial charge in [0.25, 0.3) is 0 Å². The first kappa shape index (κ1) is 18.5. The Kier molecular flexibility index (Phi) is 6.88. The van der Waals surface area contributed by atoms with E-state index in [1.54, 1.807) is 0 Å². The molecule has 0 spiro atoms. The number of rotatable bonds is 8. The summed E-state index contributed by atoms with van der Waals surface area (Å²) in [6.07, 6.45) is 0.782. The highest BCUT2D eigenvalue weighted by Gasteiger charge is 2.29. The highest BCUT2D eigenvalue weighted by Crippen LogP contribution is 2.25. The Morgan fingerprint density at radius 1 is 1.23 bits per heavy atom. The molecule has 1 rings (SSSR count). The second-order valence-corrected chi connectivity index (χ2v) is 6.88. The summed E-state index contributed by atoms with van der Waals surface area (Å²) < 4.78 is 5.67. The third-order valence-electron chi connectivity index (χ3n) is 3.61. The number of carbonyl (C=O) groups is 1. The van der Waals surface area contributed by atoms with Gasteiger partial charge in [-0.2, -0.15) is 0 Å². The zero-order chi connectivity index (χ0) is 16.8. The Hall–Kier alpha value is -1.55. The van der Waals surface area contributed by atoms with E-state index in [4.69, 9.17) is 10.5 Å². The standard InChI is InChI=1S/C18H30N2O2/c1-13(2)12-22-16-8-6-15(7-9-16)18(4,5)17(21)20-11-10-14(3)19/h6-9,13-14H,10-12,19H2,1-5H3,(H,20,21). The van der Waals surface area contributed by atoms with Gasteiger partial charge >= 0.3 is 0 Å². The van der Waals surface area contributed by atoms with E-state index in [0.29, 0.717) is 19.1 Å². The van der Waals surface area contributed by atoms with Crippen LogP contribution < -0.4 is 15.8 Å². The minimum atomic E-state index is -0.575. The first-order valence-corrected chi connectivity index (χ1v) is 8.00. The fourth-order valence-electron chi connectivity index (χ4n) is 2.00. The molecule has 0 saturated carbocycles. The molecule has 4 heteroatoms. The molecule has 3 N–H and O–H groups in total. The average molecular weight is 306 g/mol. The van der Waals surface area contributed by atoms with Gasteiger partial charge in [-0.05, 0) is 50.8 Å². The Bertz CT molecular complexity index is 464. The first-order valence-electron chi connectivity index (χ1n) is 8.00. The fraction of sp³-hybridized carbons (Fsp3) is 0.611. The largest absolute Gasteiger partial charge is 0.493 e. The molecule has 0 aromatic heterocycles.